The highest BCUT2D eigenvalue weighted by Gasteiger charge is 2.32. The maximum absolute atomic E-state index is 12.6. The normalized spacial score (nSPS) is 18.5. The number of carbonyl (C=O) groups excluding carboxylic acids is 2. The number of benzene rings is 1. The highest BCUT2D eigenvalue weighted by atomic mass is 32.2. The van der Waals surface area contributed by atoms with Gasteiger partial charge in [-0.05, 0) is 51.3 Å². The van der Waals surface area contributed by atoms with Gasteiger partial charge in [-0.3, -0.25) is 4.79 Å². The molecule has 2 aromatic heterocycles. The second-order valence-electron chi connectivity index (χ2n) is 8.20. The summed E-state index contributed by atoms with van der Waals surface area (Å²) in [6.45, 7) is 6.67. The molecule has 2 N–H and O–H groups in total. The van der Waals surface area contributed by atoms with E-state index in [2.05, 4.69) is 24.0 Å². The Hall–Kier alpha value is -2.65. The molecule has 33 heavy (non-hydrogen) atoms. The molecule has 1 amide bonds. The molecule has 7 nitrogen and oxygen atoms in total. The average molecular weight is 485 g/mol. The summed E-state index contributed by atoms with van der Waals surface area (Å²) in [6.07, 6.45) is 1.62. The molecule has 0 bridgehead atoms. The van der Waals surface area contributed by atoms with Crippen LogP contribution in [0.3, 0.4) is 0 Å². The minimum Gasteiger partial charge on any atom is -0.462 e. The molecule has 0 saturated carbocycles. The molecule has 3 aromatic rings. The Balaban J connectivity index is 1.78. The van der Waals surface area contributed by atoms with Crippen LogP contribution in [0, 0.1) is 12.8 Å². The molecule has 4 rings (SSSR count). The predicted octanol–water partition coefficient (Wildman–Crippen LogP) is 4.56. The van der Waals surface area contributed by atoms with Gasteiger partial charge >= 0.3 is 5.97 Å². The van der Waals surface area contributed by atoms with E-state index in [1.807, 2.05) is 25.1 Å². The minimum atomic E-state index is -0.342. The van der Waals surface area contributed by atoms with Gasteiger partial charge in [0.25, 0.3) is 0 Å². The van der Waals surface area contributed by atoms with Crippen LogP contribution in [-0.2, 0) is 15.3 Å². The molecular weight excluding hydrogens is 456 g/mol. The third-order valence-electron chi connectivity index (χ3n) is 5.95. The lowest BCUT2D eigenvalue weighted by Crippen LogP contribution is -2.46. The summed E-state index contributed by atoms with van der Waals surface area (Å²) in [7, 11) is 0. The lowest BCUT2D eigenvalue weighted by atomic mass is 9.92. The van der Waals surface area contributed by atoms with Gasteiger partial charge in [-0.25, -0.2) is 14.8 Å². The molecule has 1 aliphatic rings. The second-order valence-corrected chi connectivity index (χ2v) is 10.2. The first kappa shape index (κ1) is 23.5. The van der Waals surface area contributed by atoms with E-state index in [1.165, 1.54) is 11.3 Å². The number of anilines is 1. The summed E-state index contributed by atoms with van der Waals surface area (Å²) < 4.78 is 5.27. The predicted molar refractivity (Wildman–Crippen MR) is 133 cm³/mol. The van der Waals surface area contributed by atoms with Crippen LogP contribution in [0.25, 0.3) is 10.2 Å². The van der Waals surface area contributed by atoms with Crippen LogP contribution in [0.4, 0.5) is 5.82 Å². The van der Waals surface area contributed by atoms with Crippen molar-refractivity contribution in [2.45, 2.75) is 50.3 Å². The van der Waals surface area contributed by atoms with E-state index >= 15 is 0 Å². The standard InChI is InChI=1S/C24H28N4O3S2/c1-4-31-24(30)20-15(3)19-22(28-12-16(21(25)29)11-10-14(28)2)26-18(27-23(19)33-20)13-32-17-8-6-5-7-9-17/h5-9,14,16H,4,10-13H2,1-3H3,(H2,25,29)/t14-,16-/m0/s1. The lowest BCUT2D eigenvalue weighted by molar-refractivity contribution is -0.122. The number of nitrogens with two attached hydrogens (primary N) is 1. The summed E-state index contributed by atoms with van der Waals surface area (Å²) in [5.41, 5.74) is 6.47. The summed E-state index contributed by atoms with van der Waals surface area (Å²) >= 11 is 3.01. The molecule has 0 unspecified atom stereocenters. The molecule has 1 aliphatic heterocycles. The maximum Gasteiger partial charge on any atom is 0.348 e. The van der Waals surface area contributed by atoms with Crippen molar-refractivity contribution in [2.75, 3.05) is 18.1 Å². The molecule has 9 heteroatoms. The number of thioether (sulfide) groups is 1. The Morgan fingerprint density at radius 3 is 2.70 bits per heavy atom. The lowest BCUT2D eigenvalue weighted by Gasteiger charge is -2.38. The van der Waals surface area contributed by atoms with Crippen LogP contribution < -0.4 is 10.6 Å². The average Bonchev–Trinajstić information content (AvgIpc) is 3.15. The zero-order chi connectivity index (χ0) is 23.5. The summed E-state index contributed by atoms with van der Waals surface area (Å²) in [6, 6.07) is 10.3. The van der Waals surface area contributed by atoms with Crippen molar-refractivity contribution >= 4 is 51.0 Å². The SMILES string of the molecule is CCOC(=O)c1sc2nc(CSc3ccccc3)nc(N3C[C@@H](C(N)=O)CC[C@@H]3C)c2c1C. The maximum atomic E-state index is 12.6. The van der Waals surface area contributed by atoms with Crippen molar-refractivity contribution in [3.8, 4) is 0 Å². The summed E-state index contributed by atoms with van der Waals surface area (Å²) in [5.74, 6) is 1.21. The molecule has 1 saturated heterocycles. The van der Waals surface area contributed by atoms with E-state index in [0.29, 0.717) is 29.6 Å². The first-order valence-electron chi connectivity index (χ1n) is 11.1. The van der Waals surface area contributed by atoms with E-state index in [4.69, 9.17) is 20.4 Å². The van der Waals surface area contributed by atoms with Crippen LogP contribution in [-0.4, -0.2) is 41.0 Å². The molecule has 1 aromatic carbocycles. The van der Waals surface area contributed by atoms with Gasteiger partial charge in [-0.15, -0.1) is 23.1 Å². The van der Waals surface area contributed by atoms with Crippen LogP contribution >= 0.6 is 23.1 Å². The zero-order valence-corrected chi connectivity index (χ0v) is 20.7. The molecule has 3 heterocycles. The van der Waals surface area contributed by atoms with E-state index < -0.39 is 0 Å². The van der Waals surface area contributed by atoms with Gasteiger partial charge in [0, 0.05) is 17.5 Å². The minimum absolute atomic E-state index is 0.193. The largest absolute Gasteiger partial charge is 0.462 e. The van der Waals surface area contributed by atoms with Crippen LogP contribution in [0.1, 0.15) is 47.7 Å². The summed E-state index contributed by atoms with van der Waals surface area (Å²) in [4.78, 5) is 38.9. The van der Waals surface area contributed by atoms with Crippen molar-refractivity contribution in [2.24, 2.45) is 11.7 Å². The number of nitrogens with zero attached hydrogens (tertiary/aromatic N) is 3. The fourth-order valence-corrected chi connectivity index (χ4v) is 5.99. The van der Waals surface area contributed by atoms with E-state index in [9.17, 15) is 9.59 Å². The van der Waals surface area contributed by atoms with Crippen LogP contribution in [0.15, 0.2) is 35.2 Å². The number of carbonyl (C=O) groups is 2. The monoisotopic (exact) mass is 484 g/mol. The number of thiophene rings is 1. The Morgan fingerprint density at radius 1 is 1.24 bits per heavy atom. The van der Waals surface area contributed by atoms with E-state index in [0.717, 1.165) is 39.3 Å². The molecule has 0 radical (unpaired) electrons. The first-order valence-corrected chi connectivity index (χ1v) is 12.9. The Kier molecular flexibility index (Phi) is 7.19. The smallest absolute Gasteiger partial charge is 0.348 e. The van der Waals surface area contributed by atoms with Gasteiger partial charge in [0.15, 0.2) is 0 Å². The fraction of sp³-hybridized carbons (Fsp3) is 0.417. The fourth-order valence-electron chi connectivity index (χ4n) is 4.12. The van der Waals surface area contributed by atoms with Crippen molar-refractivity contribution < 1.29 is 14.3 Å². The summed E-state index contributed by atoms with van der Waals surface area (Å²) in [5, 5.41) is 0.855. The number of ether oxygens (including phenoxy) is 1. The third-order valence-corrected chi connectivity index (χ3v) is 8.12. The number of rotatable bonds is 7. The van der Waals surface area contributed by atoms with Gasteiger partial charge in [0.2, 0.25) is 5.91 Å². The molecular formula is C24H28N4O3S2. The first-order chi connectivity index (χ1) is 15.9. The molecule has 2 atom stereocenters. The van der Waals surface area contributed by atoms with Gasteiger partial charge in [0.05, 0.1) is 23.7 Å². The zero-order valence-electron chi connectivity index (χ0n) is 19.0. The number of aromatic nitrogens is 2. The quantitative estimate of drug-likeness (QED) is 0.388. The van der Waals surface area contributed by atoms with Crippen molar-refractivity contribution in [1.82, 2.24) is 9.97 Å². The van der Waals surface area contributed by atoms with Gasteiger partial charge in [0.1, 0.15) is 21.3 Å². The van der Waals surface area contributed by atoms with E-state index in [-0.39, 0.29) is 23.8 Å². The highest BCUT2D eigenvalue weighted by molar-refractivity contribution is 7.98. The third kappa shape index (κ3) is 4.99. The molecule has 0 spiro atoms. The van der Waals surface area contributed by atoms with E-state index in [1.54, 1.807) is 18.7 Å². The topological polar surface area (TPSA) is 98.4 Å². The number of primary amides is 1. The Bertz CT molecular complexity index is 1170. The number of fused-ring (bicyclic) bond motifs is 1. The number of hydrogen-bond donors (Lipinski definition) is 1. The van der Waals surface area contributed by atoms with Crippen molar-refractivity contribution in [3.05, 3.63) is 46.6 Å². The highest BCUT2D eigenvalue weighted by Crippen LogP contribution is 2.39. The van der Waals surface area contributed by atoms with Gasteiger partial charge in [-0.2, -0.15) is 0 Å². The number of hydrogen-bond acceptors (Lipinski definition) is 8. The van der Waals surface area contributed by atoms with Crippen molar-refractivity contribution in [3.63, 3.8) is 0 Å². The van der Waals surface area contributed by atoms with Crippen LogP contribution in [0.5, 0.6) is 0 Å². The number of esters is 1. The molecule has 0 aliphatic carbocycles. The van der Waals surface area contributed by atoms with Crippen LogP contribution in [0.2, 0.25) is 0 Å². The van der Waals surface area contributed by atoms with Crippen molar-refractivity contribution in [1.29, 1.82) is 0 Å². The number of aryl methyl sites for hydroxylation is 1. The Morgan fingerprint density at radius 2 is 2.00 bits per heavy atom. The Labute approximate surface area is 201 Å². The number of amides is 1. The molecule has 1 fully saturated rings. The van der Waals surface area contributed by atoms with Gasteiger partial charge in [-0.1, -0.05) is 18.2 Å². The number of piperidine rings is 1. The second kappa shape index (κ2) is 10.1. The molecule has 174 valence electrons. The van der Waals surface area contributed by atoms with Gasteiger partial charge < -0.3 is 15.4 Å².